The molecule has 1 aliphatic rings. The van der Waals surface area contributed by atoms with Gasteiger partial charge in [0.2, 0.25) is 0 Å². The summed E-state index contributed by atoms with van der Waals surface area (Å²) < 4.78 is 4.61. The molecule has 0 aromatic heterocycles. The zero-order chi connectivity index (χ0) is 7.40. The molecule has 0 unspecified atom stereocenters. The first-order valence-corrected chi connectivity index (χ1v) is 3.63. The van der Waals surface area contributed by atoms with Crippen molar-refractivity contribution in [3.05, 3.63) is 0 Å². The molecule has 0 spiro atoms. The zero-order valence-corrected chi connectivity index (χ0v) is 7.45. The predicted octanol–water partition coefficient (Wildman–Crippen LogP) is 0.581. The number of piperidine rings is 1. The summed E-state index contributed by atoms with van der Waals surface area (Å²) in [6.07, 6.45) is 2.05. The van der Waals surface area contributed by atoms with Crippen molar-refractivity contribution >= 4 is 18.4 Å². The Bertz CT molecular complexity index is 124. The molecule has 0 aromatic rings. The van der Waals surface area contributed by atoms with Crippen LogP contribution in [0, 0.1) is 5.92 Å². The minimum atomic E-state index is -0.0767. The van der Waals surface area contributed by atoms with Gasteiger partial charge >= 0.3 is 5.97 Å². The van der Waals surface area contributed by atoms with Crippen molar-refractivity contribution in [2.45, 2.75) is 12.8 Å². The van der Waals surface area contributed by atoms with E-state index in [0.29, 0.717) is 0 Å². The van der Waals surface area contributed by atoms with Crippen LogP contribution in [0.15, 0.2) is 0 Å². The second kappa shape index (κ2) is 5.38. The SMILES string of the molecule is COC(=O)[C@@H]1CCCNC1.Cl. The Labute approximate surface area is 72.9 Å². The molecule has 3 nitrogen and oxygen atoms in total. The number of hydrogen-bond acceptors (Lipinski definition) is 3. The van der Waals surface area contributed by atoms with E-state index < -0.39 is 0 Å². The van der Waals surface area contributed by atoms with Gasteiger partial charge < -0.3 is 10.1 Å². The highest BCUT2D eigenvalue weighted by molar-refractivity contribution is 5.85. The van der Waals surface area contributed by atoms with Gasteiger partial charge in [0.05, 0.1) is 13.0 Å². The first kappa shape index (κ1) is 10.7. The fourth-order valence-electron chi connectivity index (χ4n) is 1.22. The third-order valence-electron chi connectivity index (χ3n) is 1.83. The number of carbonyl (C=O) groups excluding carboxylic acids is 1. The highest BCUT2D eigenvalue weighted by Crippen LogP contribution is 2.10. The number of carbonyl (C=O) groups is 1. The van der Waals surface area contributed by atoms with Gasteiger partial charge in [0, 0.05) is 6.54 Å². The first-order valence-electron chi connectivity index (χ1n) is 3.63. The van der Waals surface area contributed by atoms with Gasteiger partial charge in [-0.15, -0.1) is 12.4 Å². The molecule has 1 aliphatic heterocycles. The first-order chi connectivity index (χ1) is 4.84. The van der Waals surface area contributed by atoms with Crippen molar-refractivity contribution in [2.24, 2.45) is 5.92 Å². The van der Waals surface area contributed by atoms with E-state index in [2.05, 4.69) is 10.1 Å². The van der Waals surface area contributed by atoms with Gasteiger partial charge in [-0.3, -0.25) is 4.79 Å². The van der Waals surface area contributed by atoms with Crippen LogP contribution in [0.5, 0.6) is 0 Å². The van der Waals surface area contributed by atoms with Crippen LogP contribution in [-0.2, 0) is 9.53 Å². The molecule has 0 aliphatic carbocycles. The van der Waals surface area contributed by atoms with E-state index >= 15 is 0 Å². The van der Waals surface area contributed by atoms with Crippen molar-refractivity contribution in [3.8, 4) is 0 Å². The van der Waals surface area contributed by atoms with Crippen molar-refractivity contribution in [1.29, 1.82) is 0 Å². The Balaban J connectivity index is 0.000001000. The number of hydrogen-bond donors (Lipinski definition) is 1. The quantitative estimate of drug-likeness (QED) is 0.599. The van der Waals surface area contributed by atoms with Crippen LogP contribution in [0.3, 0.4) is 0 Å². The average molecular weight is 180 g/mol. The molecule has 1 atom stereocenters. The van der Waals surface area contributed by atoms with Crippen molar-refractivity contribution < 1.29 is 9.53 Å². The fraction of sp³-hybridized carbons (Fsp3) is 0.857. The van der Waals surface area contributed by atoms with Crippen LogP contribution < -0.4 is 5.32 Å². The number of ether oxygens (including phenoxy) is 1. The zero-order valence-electron chi connectivity index (χ0n) is 6.63. The number of halogens is 1. The summed E-state index contributed by atoms with van der Waals surface area (Å²) in [5.74, 6) is 0.0194. The molecule has 1 fully saturated rings. The van der Waals surface area contributed by atoms with Gasteiger partial charge in [-0.05, 0) is 19.4 Å². The lowest BCUT2D eigenvalue weighted by molar-refractivity contribution is -0.145. The Kier molecular flexibility index (Phi) is 5.24. The van der Waals surface area contributed by atoms with E-state index in [1.54, 1.807) is 0 Å². The maximum atomic E-state index is 10.9. The second-order valence-corrected chi connectivity index (χ2v) is 2.57. The number of methoxy groups -OCH3 is 1. The van der Waals surface area contributed by atoms with Crippen LogP contribution in [0.4, 0.5) is 0 Å². The fourth-order valence-corrected chi connectivity index (χ4v) is 1.22. The van der Waals surface area contributed by atoms with Gasteiger partial charge in [0.25, 0.3) is 0 Å². The summed E-state index contributed by atoms with van der Waals surface area (Å²) >= 11 is 0. The van der Waals surface area contributed by atoms with Gasteiger partial charge in [-0.1, -0.05) is 0 Å². The van der Waals surface area contributed by atoms with Crippen LogP contribution in [0.25, 0.3) is 0 Å². The largest absolute Gasteiger partial charge is 0.469 e. The Morgan fingerprint density at radius 1 is 1.64 bits per heavy atom. The predicted molar refractivity (Wildman–Crippen MR) is 44.9 cm³/mol. The van der Waals surface area contributed by atoms with Gasteiger partial charge in [0.1, 0.15) is 0 Å². The topological polar surface area (TPSA) is 38.3 Å². The molecule has 0 saturated carbocycles. The third kappa shape index (κ3) is 3.08. The summed E-state index contributed by atoms with van der Waals surface area (Å²) in [6.45, 7) is 1.82. The molecule has 1 saturated heterocycles. The third-order valence-corrected chi connectivity index (χ3v) is 1.83. The Hall–Kier alpha value is -0.280. The standard InChI is InChI=1S/C7H13NO2.ClH/c1-10-7(9)6-3-2-4-8-5-6;/h6,8H,2-5H2,1H3;1H/t6-;/m1./s1. The molecule has 11 heavy (non-hydrogen) atoms. The van der Waals surface area contributed by atoms with E-state index in [1.807, 2.05) is 0 Å². The second-order valence-electron chi connectivity index (χ2n) is 2.57. The van der Waals surface area contributed by atoms with Crippen molar-refractivity contribution in [1.82, 2.24) is 5.32 Å². The minimum absolute atomic E-state index is 0. The summed E-state index contributed by atoms with van der Waals surface area (Å²) in [7, 11) is 1.44. The molecule has 0 radical (unpaired) electrons. The Morgan fingerprint density at radius 2 is 2.36 bits per heavy atom. The van der Waals surface area contributed by atoms with Gasteiger partial charge in [-0.25, -0.2) is 0 Å². The smallest absolute Gasteiger partial charge is 0.309 e. The van der Waals surface area contributed by atoms with E-state index in [0.717, 1.165) is 25.9 Å². The molecule has 66 valence electrons. The molecule has 0 aromatic carbocycles. The molecular formula is C7H14ClNO2. The monoisotopic (exact) mass is 179 g/mol. The van der Waals surface area contributed by atoms with Crippen molar-refractivity contribution in [2.75, 3.05) is 20.2 Å². The maximum Gasteiger partial charge on any atom is 0.309 e. The highest BCUT2D eigenvalue weighted by atomic mass is 35.5. The molecule has 1 heterocycles. The highest BCUT2D eigenvalue weighted by Gasteiger charge is 2.20. The van der Waals surface area contributed by atoms with E-state index in [4.69, 9.17) is 0 Å². The number of rotatable bonds is 1. The van der Waals surface area contributed by atoms with Crippen LogP contribution >= 0.6 is 12.4 Å². The normalized spacial score (nSPS) is 23.5. The maximum absolute atomic E-state index is 10.9. The summed E-state index contributed by atoms with van der Waals surface area (Å²) in [5, 5.41) is 3.15. The van der Waals surface area contributed by atoms with Crippen LogP contribution in [0.2, 0.25) is 0 Å². The van der Waals surface area contributed by atoms with Gasteiger partial charge in [-0.2, -0.15) is 0 Å². The molecule has 0 amide bonds. The van der Waals surface area contributed by atoms with Crippen LogP contribution in [-0.4, -0.2) is 26.2 Å². The summed E-state index contributed by atoms with van der Waals surface area (Å²) in [6, 6.07) is 0. The Morgan fingerprint density at radius 3 is 2.82 bits per heavy atom. The van der Waals surface area contributed by atoms with E-state index in [9.17, 15) is 4.79 Å². The number of esters is 1. The molecule has 1 N–H and O–H groups in total. The number of nitrogens with one attached hydrogen (secondary N) is 1. The summed E-state index contributed by atoms with van der Waals surface area (Å²) in [5.41, 5.74) is 0. The molecule has 0 bridgehead atoms. The van der Waals surface area contributed by atoms with Gasteiger partial charge in [0.15, 0.2) is 0 Å². The van der Waals surface area contributed by atoms with Crippen LogP contribution in [0.1, 0.15) is 12.8 Å². The minimum Gasteiger partial charge on any atom is -0.469 e. The van der Waals surface area contributed by atoms with E-state index in [1.165, 1.54) is 7.11 Å². The lowest BCUT2D eigenvalue weighted by Gasteiger charge is -2.19. The van der Waals surface area contributed by atoms with Crippen molar-refractivity contribution in [3.63, 3.8) is 0 Å². The lowest BCUT2D eigenvalue weighted by atomic mass is 10.0. The molecule has 1 rings (SSSR count). The summed E-state index contributed by atoms with van der Waals surface area (Å²) in [4.78, 5) is 10.9. The lowest BCUT2D eigenvalue weighted by Crippen LogP contribution is -2.34. The molecule has 4 heteroatoms. The molecular weight excluding hydrogens is 166 g/mol. The van der Waals surface area contributed by atoms with E-state index in [-0.39, 0.29) is 24.3 Å². The average Bonchev–Trinajstić information content (AvgIpc) is 2.05.